The number of rotatable bonds is 3. The van der Waals surface area contributed by atoms with Crippen LogP contribution in [0.1, 0.15) is 11.1 Å². The van der Waals surface area contributed by atoms with Crippen molar-refractivity contribution in [3.8, 4) is 0 Å². The molecule has 0 fully saturated rings. The van der Waals surface area contributed by atoms with Crippen molar-refractivity contribution >= 4 is 44.8 Å². The highest BCUT2D eigenvalue weighted by molar-refractivity contribution is 9.10. The zero-order valence-corrected chi connectivity index (χ0v) is 12.9. The lowest BCUT2D eigenvalue weighted by molar-refractivity contribution is 1.15. The van der Waals surface area contributed by atoms with E-state index in [4.69, 9.17) is 23.2 Å². The van der Waals surface area contributed by atoms with Gasteiger partial charge in [-0.1, -0.05) is 51.3 Å². The molecule has 0 saturated heterocycles. The van der Waals surface area contributed by atoms with Crippen LogP contribution in [0.15, 0.2) is 40.9 Å². The van der Waals surface area contributed by atoms with Gasteiger partial charge in [0.25, 0.3) is 0 Å². The quantitative estimate of drug-likeness (QED) is 0.755. The Balaban J connectivity index is 2.11. The molecule has 2 rings (SSSR count). The molecule has 0 atom stereocenters. The first-order valence-corrected chi connectivity index (χ1v) is 7.06. The summed E-state index contributed by atoms with van der Waals surface area (Å²) in [6, 6.07) is 11.8. The Bertz CT molecular complexity index is 570. The molecule has 0 aliphatic carbocycles. The summed E-state index contributed by atoms with van der Waals surface area (Å²) in [6.45, 7) is 2.71. The number of halogens is 3. The second kappa shape index (κ2) is 5.96. The number of aryl methyl sites for hydroxylation is 1. The topological polar surface area (TPSA) is 12.0 Å². The molecular weight excluding hydrogens is 333 g/mol. The second-order valence-electron chi connectivity index (χ2n) is 4.03. The van der Waals surface area contributed by atoms with E-state index in [0.29, 0.717) is 16.6 Å². The molecule has 0 saturated carbocycles. The maximum atomic E-state index is 6.14. The van der Waals surface area contributed by atoms with Gasteiger partial charge in [0.2, 0.25) is 0 Å². The summed E-state index contributed by atoms with van der Waals surface area (Å²) >= 11 is 15.6. The van der Waals surface area contributed by atoms with Crippen LogP contribution in [0.4, 0.5) is 5.69 Å². The Morgan fingerprint density at radius 2 is 1.94 bits per heavy atom. The van der Waals surface area contributed by atoms with Crippen molar-refractivity contribution < 1.29 is 0 Å². The van der Waals surface area contributed by atoms with E-state index in [-0.39, 0.29) is 0 Å². The third kappa shape index (κ3) is 3.19. The largest absolute Gasteiger partial charge is 0.381 e. The van der Waals surface area contributed by atoms with E-state index in [0.717, 1.165) is 15.7 Å². The predicted octanol–water partition coefficient (Wildman–Crippen LogP) is 5.68. The molecule has 4 heteroatoms. The van der Waals surface area contributed by atoms with Crippen LogP contribution >= 0.6 is 39.1 Å². The minimum Gasteiger partial charge on any atom is -0.381 e. The van der Waals surface area contributed by atoms with E-state index in [1.807, 2.05) is 24.3 Å². The van der Waals surface area contributed by atoms with Crippen molar-refractivity contribution in [1.82, 2.24) is 0 Å². The Morgan fingerprint density at radius 1 is 1.17 bits per heavy atom. The van der Waals surface area contributed by atoms with Crippen LogP contribution in [-0.4, -0.2) is 0 Å². The molecule has 0 radical (unpaired) electrons. The van der Waals surface area contributed by atoms with Gasteiger partial charge >= 0.3 is 0 Å². The minimum atomic E-state index is 0.586. The van der Waals surface area contributed by atoms with Crippen LogP contribution < -0.4 is 5.32 Å². The van der Waals surface area contributed by atoms with Crippen molar-refractivity contribution in [3.05, 3.63) is 62.0 Å². The van der Waals surface area contributed by atoms with Gasteiger partial charge in [-0.05, 0) is 42.3 Å². The Hall–Kier alpha value is -0.700. The van der Waals surface area contributed by atoms with Crippen LogP contribution in [0, 0.1) is 6.92 Å². The first-order valence-electron chi connectivity index (χ1n) is 5.51. The van der Waals surface area contributed by atoms with Crippen LogP contribution in [0.2, 0.25) is 10.0 Å². The van der Waals surface area contributed by atoms with Gasteiger partial charge in [-0.15, -0.1) is 0 Å². The Kier molecular flexibility index (Phi) is 4.55. The molecule has 0 bridgehead atoms. The van der Waals surface area contributed by atoms with Gasteiger partial charge in [-0.2, -0.15) is 0 Å². The molecule has 0 unspecified atom stereocenters. The molecule has 1 N–H and O–H groups in total. The highest BCUT2D eigenvalue weighted by Crippen LogP contribution is 2.26. The molecule has 0 spiro atoms. The van der Waals surface area contributed by atoms with Gasteiger partial charge in [0.1, 0.15) is 0 Å². The lowest BCUT2D eigenvalue weighted by atomic mass is 10.2. The van der Waals surface area contributed by atoms with Gasteiger partial charge in [0.15, 0.2) is 0 Å². The van der Waals surface area contributed by atoms with Gasteiger partial charge in [-0.25, -0.2) is 0 Å². The average molecular weight is 345 g/mol. The van der Waals surface area contributed by atoms with E-state index < -0.39 is 0 Å². The highest BCUT2D eigenvalue weighted by Gasteiger charge is 2.04. The van der Waals surface area contributed by atoms with Gasteiger partial charge in [-0.3, -0.25) is 0 Å². The van der Waals surface area contributed by atoms with Crippen molar-refractivity contribution in [2.45, 2.75) is 13.5 Å². The molecule has 0 amide bonds. The standard InChI is InChI=1S/C14H12BrCl2N/c1-9-7-11(5-6-12(9)15)18-8-10-3-2-4-13(16)14(10)17/h2-7,18H,8H2,1H3. The molecule has 0 heterocycles. The summed E-state index contributed by atoms with van der Waals surface area (Å²) < 4.78 is 1.11. The zero-order chi connectivity index (χ0) is 13.1. The Morgan fingerprint density at radius 3 is 2.67 bits per heavy atom. The smallest absolute Gasteiger partial charge is 0.0642 e. The maximum absolute atomic E-state index is 6.14. The molecule has 94 valence electrons. The number of benzene rings is 2. The van der Waals surface area contributed by atoms with E-state index >= 15 is 0 Å². The lowest BCUT2D eigenvalue weighted by Crippen LogP contribution is -2.00. The molecule has 2 aromatic rings. The van der Waals surface area contributed by atoms with Crippen LogP contribution in [0.3, 0.4) is 0 Å². The van der Waals surface area contributed by atoms with E-state index in [2.05, 4.69) is 34.2 Å². The third-order valence-electron chi connectivity index (χ3n) is 2.67. The van der Waals surface area contributed by atoms with Gasteiger partial charge in [0, 0.05) is 16.7 Å². The minimum absolute atomic E-state index is 0.586. The fraction of sp³-hybridized carbons (Fsp3) is 0.143. The summed E-state index contributed by atoms with van der Waals surface area (Å²) in [5, 5.41) is 4.53. The molecule has 0 aliphatic rings. The van der Waals surface area contributed by atoms with Crippen LogP contribution in [-0.2, 0) is 6.54 Å². The van der Waals surface area contributed by atoms with Gasteiger partial charge < -0.3 is 5.32 Å². The molecule has 1 nitrogen and oxygen atoms in total. The lowest BCUT2D eigenvalue weighted by Gasteiger charge is -2.10. The normalized spacial score (nSPS) is 10.4. The van der Waals surface area contributed by atoms with Crippen LogP contribution in [0.5, 0.6) is 0 Å². The summed E-state index contributed by atoms with van der Waals surface area (Å²) in [7, 11) is 0. The summed E-state index contributed by atoms with van der Waals surface area (Å²) in [5.41, 5.74) is 3.24. The number of anilines is 1. The van der Waals surface area contributed by atoms with Gasteiger partial charge in [0.05, 0.1) is 10.0 Å². The van der Waals surface area contributed by atoms with E-state index in [9.17, 15) is 0 Å². The Labute approximate surface area is 125 Å². The number of nitrogens with one attached hydrogen (secondary N) is 1. The van der Waals surface area contributed by atoms with Crippen LogP contribution in [0.25, 0.3) is 0 Å². The monoisotopic (exact) mass is 343 g/mol. The van der Waals surface area contributed by atoms with Crippen molar-refractivity contribution in [2.24, 2.45) is 0 Å². The number of hydrogen-bond acceptors (Lipinski definition) is 1. The second-order valence-corrected chi connectivity index (χ2v) is 5.67. The fourth-order valence-electron chi connectivity index (χ4n) is 1.64. The summed E-state index contributed by atoms with van der Waals surface area (Å²) in [4.78, 5) is 0. The van der Waals surface area contributed by atoms with E-state index in [1.165, 1.54) is 5.56 Å². The van der Waals surface area contributed by atoms with E-state index in [1.54, 1.807) is 6.07 Å². The molecular formula is C14H12BrCl2N. The third-order valence-corrected chi connectivity index (χ3v) is 4.42. The highest BCUT2D eigenvalue weighted by atomic mass is 79.9. The van der Waals surface area contributed by atoms with Crippen molar-refractivity contribution in [2.75, 3.05) is 5.32 Å². The molecule has 18 heavy (non-hydrogen) atoms. The molecule has 0 aliphatic heterocycles. The first-order chi connectivity index (χ1) is 8.58. The van der Waals surface area contributed by atoms with Crippen molar-refractivity contribution in [3.63, 3.8) is 0 Å². The SMILES string of the molecule is Cc1cc(NCc2cccc(Cl)c2Cl)ccc1Br. The summed E-state index contributed by atoms with van der Waals surface area (Å²) in [5.74, 6) is 0. The molecule has 0 aromatic heterocycles. The zero-order valence-electron chi connectivity index (χ0n) is 9.81. The first kappa shape index (κ1) is 13.7. The summed E-state index contributed by atoms with van der Waals surface area (Å²) in [6.07, 6.45) is 0. The predicted molar refractivity (Wildman–Crippen MR) is 82.7 cm³/mol. The van der Waals surface area contributed by atoms with Crippen molar-refractivity contribution in [1.29, 1.82) is 0 Å². The number of hydrogen-bond donors (Lipinski definition) is 1. The molecule has 2 aromatic carbocycles. The fourth-order valence-corrected chi connectivity index (χ4v) is 2.27. The maximum Gasteiger partial charge on any atom is 0.0642 e. The average Bonchev–Trinajstić information content (AvgIpc) is 2.35.